The quantitative estimate of drug-likeness (QED) is 0.360. The SMILES string of the molecule is CN(CC1(c2ccc(-c3cccc(C#N)c3)cc2)CCN(CC2CC2)CC1)C(=O)Nc1ccc(F)c(Cl)c1. The number of amides is 2. The minimum Gasteiger partial charge on any atom is -0.327 e. The predicted molar refractivity (Wildman–Crippen MR) is 150 cm³/mol. The summed E-state index contributed by atoms with van der Waals surface area (Å²) in [5.74, 6) is 0.333. The third kappa shape index (κ3) is 6.01. The number of urea groups is 1. The van der Waals surface area contributed by atoms with Crippen molar-refractivity contribution >= 4 is 23.3 Å². The van der Waals surface area contributed by atoms with Crippen LogP contribution >= 0.6 is 11.6 Å². The summed E-state index contributed by atoms with van der Waals surface area (Å²) in [7, 11) is 1.81. The Labute approximate surface area is 228 Å². The molecular weight excluding hydrogens is 499 g/mol. The standard InChI is InChI=1S/C31H32ClFN4O/c1-36(30(38)35-27-11-12-29(33)28(32)18-27)21-31(13-15-37(16-14-31)20-22-5-6-22)26-9-7-24(8-10-26)25-4-2-3-23(17-25)19-34/h2-4,7-12,17-18,22H,5-6,13-16,20-21H2,1H3,(H,35,38). The molecule has 2 amide bonds. The lowest BCUT2D eigenvalue weighted by molar-refractivity contribution is 0.129. The molecule has 1 aliphatic heterocycles. The molecule has 38 heavy (non-hydrogen) atoms. The van der Waals surface area contributed by atoms with Gasteiger partial charge in [0.2, 0.25) is 0 Å². The van der Waals surface area contributed by atoms with Gasteiger partial charge >= 0.3 is 6.03 Å². The largest absolute Gasteiger partial charge is 0.327 e. The Morgan fingerprint density at radius 2 is 1.84 bits per heavy atom. The number of piperidine rings is 1. The topological polar surface area (TPSA) is 59.4 Å². The van der Waals surface area contributed by atoms with Gasteiger partial charge in [-0.1, -0.05) is 48.0 Å². The van der Waals surface area contributed by atoms with Crippen LogP contribution in [0.1, 0.15) is 36.8 Å². The minimum absolute atomic E-state index is 0.0228. The molecule has 0 radical (unpaired) electrons. The fourth-order valence-corrected chi connectivity index (χ4v) is 5.65. The van der Waals surface area contributed by atoms with E-state index < -0.39 is 5.82 Å². The Morgan fingerprint density at radius 3 is 2.50 bits per heavy atom. The van der Waals surface area contributed by atoms with Crippen LogP contribution in [0.2, 0.25) is 5.02 Å². The number of likely N-dealkylation sites (tertiary alicyclic amines) is 1. The van der Waals surface area contributed by atoms with E-state index in [0.717, 1.165) is 43.0 Å². The first-order valence-corrected chi connectivity index (χ1v) is 13.5. The van der Waals surface area contributed by atoms with Crippen molar-refractivity contribution in [3.05, 3.63) is 88.7 Å². The summed E-state index contributed by atoms with van der Waals surface area (Å²) in [5, 5.41) is 12.1. The first-order chi connectivity index (χ1) is 18.3. The van der Waals surface area contributed by atoms with Crippen LogP contribution in [0.4, 0.5) is 14.9 Å². The normalized spacial score (nSPS) is 17.0. The number of hydrogen-bond acceptors (Lipinski definition) is 3. The van der Waals surface area contributed by atoms with E-state index in [1.54, 1.807) is 11.9 Å². The molecule has 1 heterocycles. The first-order valence-electron chi connectivity index (χ1n) is 13.2. The van der Waals surface area contributed by atoms with Crippen LogP contribution in [0, 0.1) is 23.1 Å². The van der Waals surface area contributed by atoms with Gasteiger partial charge in [0.05, 0.1) is 16.7 Å². The highest BCUT2D eigenvalue weighted by Crippen LogP contribution is 2.39. The van der Waals surface area contributed by atoms with Gasteiger partial charge in [0.15, 0.2) is 0 Å². The zero-order valence-corrected chi connectivity index (χ0v) is 22.3. The van der Waals surface area contributed by atoms with Crippen molar-refractivity contribution in [3.8, 4) is 17.2 Å². The Bertz CT molecular complexity index is 1340. The summed E-state index contributed by atoms with van der Waals surface area (Å²) in [6.45, 7) is 3.75. The molecule has 0 bridgehead atoms. The van der Waals surface area contributed by atoms with Gasteiger partial charge in [-0.2, -0.15) is 5.26 Å². The number of anilines is 1. The van der Waals surface area contributed by atoms with Crippen LogP contribution in [0.3, 0.4) is 0 Å². The summed E-state index contributed by atoms with van der Waals surface area (Å²) in [4.78, 5) is 17.4. The van der Waals surface area contributed by atoms with Crippen LogP contribution < -0.4 is 5.32 Å². The molecule has 3 aromatic rings. The molecular formula is C31H32ClFN4O. The number of carbonyl (C=O) groups excluding carboxylic acids is 1. The van der Waals surface area contributed by atoms with Gasteiger partial charge in [-0.3, -0.25) is 0 Å². The molecule has 2 fully saturated rings. The lowest BCUT2D eigenvalue weighted by Crippen LogP contribution is -2.50. The predicted octanol–water partition coefficient (Wildman–Crippen LogP) is 6.93. The maximum Gasteiger partial charge on any atom is 0.321 e. The maximum absolute atomic E-state index is 13.6. The number of likely N-dealkylation sites (N-methyl/N-ethyl adjacent to an activating group) is 1. The third-order valence-corrected chi connectivity index (χ3v) is 8.20. The molecule has 5 nitrogen and oxygen atoms in total. The van der Waals surface area contributed by atoms with Gasteiger partial charge < -0.3 is 15.1 Å². The highest BCUT2D eigenvalue weighted by atomic mass is 35.5. The second-order valence-corrected chi connectivity index (χ2v) is 11.1. The Balaban J connectivity index is 1.35. The molecule has 3 aromatic carbocycles. The summed E-state index contributed by atoms with van der Waals surface area (Å²) in [5.41, 5.74) is 4.21. The fourth-order valence-electron chi connectivity index (χ4n) is 5.47. The summed E-state index contributed by atoms with van der Waals surface area (Å²) >= 11 is 5.90. The van der Waals surface area contributed by atoms with E-state index >= 15 is 0 Å². The molecule has 0 atom stereocenters. The highest BCUT2D eigenvalue weighted by molar-refractivity contribution is 6.31. The van der Waals surface area contributed by atoms with E-state index in [1.165, 1.54) is 43.1 Å². The number of halogens is 2. The third-order valence-electron chi connectivity index (χ3n) is 7.91. The average Bonchev–Trinajstić information content (AvgIpc) is 3.76. The molecule has 5 rings (SSSR count). The lowest BCUT2D eigenvalue weighted by Gasteiger charge is -2.44. The van der Waals surface area contributed by atoms with Crippen LogP contribution in [0.5, 0.6) is 0 Å². The van der Waals surface area contributed by atoms with Crippen LogP contribution in [-0.4, -0.2) is 49.1 Å². The number of nitrogens with zero attached hydrogens (tertiary/aromatic N) is 3. The monoisotopic (exact) mass is 530 g/mol. The molecule has 196 valence electrons. The van der Waals surface area contributed by atoms with Gasteiger partial charge in [0, 0.05) is 31.2 Å². The van der Waals surface area contributed by atoms with Gasteiger partial charge in [0.1, 0.15) is 5.82 Å². The van der Waals surface area contributed by atoms with Crippen molar-refractivity contribution in [3.63, 3.8) is 0 Å². The lowest BCUT2D eigenvalue weighted by atomic mass is 9.72. The van der Waals surface area contributed by atoms with Gasteiger partial charge in [0.25, 0.3) is 0 Å². The summed E-state index contributed by atoms with van der Waals surface area (Å²) in [6.07, 6.45) is 4.60. The minimum atomic E-state index is -0.516. The van der Waals surface area contributed by atoms with Crippen molar-refractivity contribution in [2.45, 2.75) is 31.1 Å². The van der Waals surface area contributed by atoms with E-state index in [0.29, 0.717) is 17.8 Å². The van der Waals surface area contributed by atoms with Crippen LogP contribution in [-0.2, 0) is 5.41 Å². The molecule has 1 saturated carbocycles. The molecule has 7 heteroatoms. The summed E-state index contributed by atoms with van der Waals surface area (Å²) in [6, 6.07) is 22.4. The Morgan fingerprint density at radius 1 is 1.11 bits per heavy atom. The van der Waals surface area contributed by atoms with Crippen molar-refractivity contribution in [1.29, 1.82) is 5.26 Å². The maximum atomic E-state index is 13.6. The molecule has 2 aliphatic rings. The molecule has 0 aromatic heterocycles. The highest BCUT2D eigenvalue weighted by Gasteiger charge is 2.39. The van der Waals surface area contributed by atoms with Crippen molar-refractivity contribution in [2.75, 3.05) is 38.5 Å². The number of carbonyl (C=O) groups is 1. The van der Waals surface area contributed by atoms with E-state index in [1.807, 2.05) is 24.3 Å². The molecule has 0 unspecified atom stereocenters. The van der Waals surface area contributed by atoms with Crippen LogP contribution in [0.15, 0.2) is 66.7 Å². The van der Waals surface area contributed by atoms with E-state index in [-0.39, 0.29) is 16.5 Å². The van der Waals surface area contributed by atoms with Crippen molar-refractivity contribution in [1.82, 2.24) is 9.80 Å². The van der Waals surface area contributed by atoms with Crippen LogP contribution in [0.25, 0.3) is 11.1 Å². The number of hydrogen-bond donors (Lipinski definition) is 1. The average molecular weight is 531 g/mol. The van der Waals surface area contributed by atoms with Crippen molar-refractivity contribution < 1.29 is 9.18 Å². The number of nitrogens with one attached hydrogen (secondary N) is 1. The Kier molecular flexibility index (Phi) is 7.69. The zero-order chi connectivity index (χ0) is 26.7. The molecule has 1 aliphatic carbocycles. The zero-order valence-electron chi connectivity index (χ0n) is 21.6. The summed E-state index contributed by atoms with van der Waals surface area (Å²) < 4.78 is 13.6. The molecule has 1 saturated heterocycles. The molecule has 0 spiro atoms. The van der Waals surface area contributed by atoms with Gasteiger partial charge in [-0.25, -0.2) is 9.18 Å². The van der Waals surface area contributed by atoms with Gasteiger partial charge in [-0.05, 0) is 91.7 Å². The van der Waals surface area contributed by atoms with Gasteiger partial charge in [-0.15, -0.1) is 0 Å². The smallest absolute Gasteiger partial charge is 0.321 e. The number of rotatable bonds is 7. The number of nitriles is 1. The van der Waals surface area contributed by atoms with E-state index in [4.69, 9.17) is 11.6 Å². The first kappa shape index (κ1) is 26.2. The van der Waals surface area contributed by atoms with Crippen molar-refractivity contribution in [2.24, 2.45) is 5.92 Å². The Hall–Kier alpha value is -3.40. The van der Waals surface area contributed by atoms with E-state index in [9.17, 15) is 14.4 Å². The number of benzene rings is 3. The second kappa shape index (κ2) is 11.1. The fraction of sp³-hybridized carbons (Fsp3) is 0.355. The second-order valence-electron chi connectivity index (χ2n) is 10.7. The molecule has 1 N–H and O–H groups in total. The van der Waals surface area contributed by atoms with E-state index in [2.05, 4.69) is 40.6 Å².